The van der Waals surface area contributed by atoms with Gasteiger partial charge in [0.2, 0.25) is 0 Å². The van der Waals surface area contributed by atoms with Gasteiger partial charge in [0.1, 0.15) is 0 Å². The van der Waals surface area contributed by atoms with Gasteiger partial charge in [0.05, 0.1) is 26.3 Å². The van der Waals surface area contributed by atoms with Gasteiger partial charge in [-0.1, -0.05) is 0 Å². The molecular formula is C8H18N2O4. The third-order valence-electron chi connectivity index (χ3n) is 0.944. The van der Waals surface area contributed by atoms with Crippen LogP contribution in [0.4, 0.5) is 0 Å². The molecule has 0 spiro atoms. The summed E-state index contributed by atoms with van der Waals surface area (Å²) in [5.41, 5.74) is 9.77. The summed E-state index contributed by atoms with van der Waals surface area (Å²) in [6.07, 6.45) is 0. The van der Waals surface area contributed by atoms with Crippen LogP contribution in [-0.2, 0) is 19.1 Å². The van der Waals surface area contributed by atoms with E-state index in [1.54, 1.807) is 13.8 Å². The van der Waals surface area contributed by atoms with Crippen molar-refractivity contribution in [3.05, 3.63) is 0 Å². The minimum atomic E-state index is -0.345. The average Bonchev–Trinajstić information content (AvgIpc) is 2.19. The predicted molar refractivity (Wildman–Crippen MR) is 51.4 cm³/mol. The lowest BCUT2D eigenvalue weighted by molar-refractivity contribution is -0.142. The Kier molecular flexibility index (Phi) is 13.0. The maximum Gasteiger partial charge on any atom is 0.319 e. The van der Waals surface area contributed by atoms with Gasteiger partial charge >= 0.3 is 11.9 Å². The van der Waals surface area contributed by atoms with E-state index in [0.717, 1.165) is 0 Å². The number of hydrogen-bond donors (Lipinski definition) is 2. The molecule has 0 saturated carbocycles. The average molecular weight is 206 g/mol. The highest BCUT2D eigenvalue weighted by Crippen LogP contribution is 1.70. The predicted octanol–water partition coefficient (Wildman–Crippen LogP) is -0.984. The van der Waals surface area contributed by atoms with E-state index in [1.165, 1.54) is 0 Å². The molecule has 0 aliphatic carbocycles. The molecule has 0 unspecified atom stereocenters. The highest BCUT2D eigenvalue weighted by atomic mass is 16.5. The Hall–Kier alpha value is -1.14. The lowest BCUT2D eigenvalue weighted by atomic mass is 10.7. The number of carbonyl (C=O) groups excluding carboxylic acids is 2. The Bertz CT molecular complexity index is 143. The van der Waals surface area contributed by atoms with Crippen molar-refractivity contribution in [1.29, 1.82) is 0 Å². The highest BCUT2D eigenvalue weighted by molar-refractivity contribution is 5.71. The minimum Gasteiger partial charge on any atom is -0.465 e. The van der Waals surface area contributed by atoms with Crippen molar-refractivity contribution >= 4 is 11.9 Å². The molecule has 0 amide bonds. The van der Waals surface area contributed by atoms with Crippen molar-refractivity contribution in [3.8, 4) is 0 Å². The van der Waals surface area contributed by atoms with Crippen LogP contribution in [0.15, 0.2) is 0 Å². The first-order valence-electron chi connectivity index (χ1n) is 4.33. The molecule has 0 radical (unpaired) electrons. The quantitative estimate of drug-likeness (QED) is 0.572. The van der Waals surface area contributed by atoms with Gasteiger partial charge in [-0.3, -0.25) is 9.59 Å². The summed E-state index contributed by atoms with van der Waals surface area (Å²) in [4.78, 5) is 20.1. The monoisotopic (exact) mass is 206 g/mol. The van der Waals surface area contributed by atoms with Crippen molar-refractivity contribution in [3.63, 3.8) is 0 Å². The third-order valence-corrected chi connectivity index (χ3v) is 0.944. The molecule has 14 heavy (non-hydrogen) atoms. The smallest absolute Gasteiger partial charge is 0.319 e. The van der Waals surface area contributed by atoms with E-state index in [4.69, 9.17) is 11.5 Å². The Labute approximate surface area is 83.5 Å². The Morgan fingerprint density at radius 2 is 1.21 bits per heavy atom. The molecule has 0 bridgehead atoms. The van der Waals surface area contributed by atoms with Gasteiger partial charge in [-0.05, 0) is 13.8 Å². The standard InChI is InChI=1S/2C4H9NO2/c2*1-2-7-4(6)3-5/h2*2-3,5H2,1H3. The molecule has 6 nitrogen and oxygen atoms in total. The zero-order valence-electron chi connectivity index (χ0n) is 8.62. The fraction of sp³-hybridized carbons (Fsp3) is 0.750. The molecule has 0 aliphatic heterocycles. The number of rotatable bonds is 4. The lowest BCUT2D eigenvalue weighted by Gasteiger charge is -1.93. The van der Waals surface area contributed by atoms with E-state index in [1.807, 2.05) is 0 Å². The van der Waals surface area contributed by atoms with Crippen LogP contribution in [0.25, 0.3) is 0 Å². The highest BCUT2D eigenvalue weighted by Gasteiger charge is 1.92. The molecular weight excluding hydrogens is 188 g/mol. The van der Waals surface area contributed by atoms with Crippen molar-refractivity contribution in [2.45, 2.75) is 13.8 Å². The van der Waals surface area contributed by atoms with E-state index in [-0.39, 0.29) is 25.0 Å². The number of carbonyl (C=O) groups is 2. The number of hydrogen-bond acceptors (Lipinski definition) is 6. The van der Waals surface area contributed by atoms with Crippen LogP contribution < -0.4 is 11.5 Å². The molecule has 0 rings (SSSR count). The van der Waals surface area contributed by atoms with E-state index in [2.05, 4.69) is 9.47 Å². The van der Waals surface area contributed by atoms with Crippen LogP contribution in [0.1, 0.15) is 13.8 Å². The second-order valence-electron chi connectivity index (χ2n) is 2.02. The summed E-state index contributed by atoms with van der Waals surface area (Å²) in [5, 5.41) is 0. The van der Waals surface area contributed by atoms with Gasteiger partial charge in [-0.2, -0.15) is 0 Å². The summed E-state index contributed by atoms with van der Waals surface area (Å²) in [7, 11) is 0. The van der Waals surface area contributed by atoms with Gasteiger partial charge < -0.3 is 20.9 Å². The SMILES string of the molecule is CCOC(=O)CN.CCOC(=O)CN. The van der Waals surface area contributed by atoms with Gasteiger partial charge in [0.25, 0.3) is 0 Å². The molecule has 0 heterocycles. The fourth-order valence-electron chi connectivity index (χ4n) is 0.440. The maximum atomic E-state index is 10.1. The Balaban J connectivity index is 0. The Morgan fingerprint density at radius 1 is 0.929 bits per heavy atom. The molecule has 4 N–H and O–H groups in total. The Morgan fingerprint density at radius 3 is 1.29 bits per heavy atom. The zero-order valence-corrected chi connectivity index (χ0v) is 8.62. The molecule has 0 atom stereocenters. The fourth-order valence-corrected chi connectivity index (χ4v) is 0.440. The van der Waals surface area contributed by atoms with E-state index >= 15 is 0 Å². The first-order valence-corrected chi connectivity index (χ1v) is 4.33. The second-order valence-corrected chi connectivity index (χ2v) is 2.02. The van der Waals surface area contributed by atoms with Gasteiger partial charge in [0.15, 0.2) is 0 Å². The van der Waals surface area contributed by atoms with Crippen LogP contribution in [0.5, 0.6) is 0 Å². The van der Waals surface area contributed by atoms with Crippen molar-refractivity contribution in [1.82, 2.24) is 0 Å². The van der Waals surface area contributed by atoms with Crippen molar-refractivity contribution < 1.29 is 19.1 Å². The van der Waals surface area contributed by atoms with Crippen LogP contribution in [-0.4, -0.2) is 38.2 Å². The van der Waals surface area contributed by atoms with Crippen molar-refractivity contribution in [2.24, 2.45) is 11.5 Å². The van der Waals surface area contributed by atoms with Crippen LogP contribution in [0.2, 0.25) is 0 Å². The first kappa shape index (κ1) is 15.3. The molecule has 0 aliphatic rings. The summed E-state index contributed by atoms with van der Waals surface area (Å²) < 4.78 is 8.85. The first-order chi connectivity index (χ1) is 6.62. The molecule has 0 aromatic heterocycles. The topological polar surface area (TPSA) is 105 Å². The summed E-state index contributed by atoms with van der Waals surface area (Å²) >= 11 is 0. The summed E-state index contributed by atoms with van der Waals surface area (Å²) in [6.45, 7) is 4.27. The molecule has 0 fully saturated rings. The maximum absolute atomic E-state index is 10.1. The van der Waals surface area contributed by atoms with E-state index < -0.39 is 0 Å². The third kappa shape index (κ3) is 13.4. The number of nitrogens with two attached hydrogens (primary N) is 2. The second kappa shape index (κ2) is 11.9. The van der Waals surface area contributed by atoms with Crippen molar-refractivity contribution in [2.75, 3.05) is 26.3 Å². The molecule has 0 aromatic carbocycles. The van der Waals surface area contributed by atoms with Gasteiger partial charge in [0, 0.05) is 0 Å². The molecule has 6 heteroatoms. The molecule has 0 saturated heterocycles. The van der Waals surface area contributed by atoms with Crippen LogP contribution in [0.3, 0.4) is 0 Å². The van der Waals surface area contributed by atoms with Crippen LogP contribution in [0, 0.1) is 0 Å². The number of ether oxygens (including phenoxy) is 2. The van der Waals surface area contributed by atoms with E-state index in [9.17, 15) is 9.59 Å². The number of esters is 2. The molecule has 84 valence electrons. The van der Waals surface area contributed by atoms with Gasteiger partial charge in [-0.25, -0.2) is 0 Å². The summed E-state index contributed by atoms with van der Waals surface area (Å²) in [5.74, 6) is -0.690. The van der Waals surface area contributed by atoms with E-state index in [0.29, 0.717) is 13.2 Å². The normalized spacial score (nSPS) is 8.29. The largest absolute Gasteiger partial charge is 0.465 e. The summed E-state index contributed by atoms with van der Waals surface area (Å²) in [6, 6.07) is 0. The minimum absolute atomic E-state index is 0.0200. The molecule has 0 aromatic rings. The lowest BCUT2D eigenvalue weighted by Crippen LogP contribution is -2.16. The van der Waals surface area contributed by atoms with Crippen LogP contribution >= 0.6 is 0 Å². The van der Waals surface area contributed by atoms with Gasteiger partial charge in [-0.15, -0.1) is 0 Å². The zero-order chi connectivity index (χ0) is 11.4.